The molecule has 2 nitrogen and oxygen atoms in total. The average molecular weight is 278 g/mol. The molecule has 0 aromatic rings. The monoisotopic (exact) mass is 278 g/mol. The Morgan fingerprint density at radius 2 is 0.950 bits per heavy atom. The lowest BCUT2D eigenvalue weighted by Gasteiger charge is -2.29. The second-order valence-corrected chi connectivity index (χ2v) is 7.05. The van der Waals surface area contributed by atoms with Crippen LogP contribution in [0.2, 0.25) is 0 Å². The van der Waals surface area contributed by atoms with E-state index in [1.54, 1.807) is 0 Å². The number of carbonyl (C=O) groups excluding carboxylic acids is 2. The van der Waals surface area contributed by atoms with Gasteiger partial charge in [0, 0.05) is 23.7 Å². The van der Waals surface area contributed by atoms with Crippen LogP contribution in [-0.2, 0) is 9.59 Å². The van der Waals surface area contributed by atoms with Crippen LogP contribution in [0.5, 0.6) is 0 Å². The fourth-order valence-corrected chi connectivity index (χ4v) is 4.01. The summed E-state index contributed by atoms with van der Waals surface area (Å²) < 4.78 is 0. The molecule has 20 heavy (non-hydrogen) atoms. The van der Waals surface area contributed by atoms with Crippen molar-refractivity contribution < 1.29 is 9.59 Å². The zero-order valence-corrected chi connectivity index (χ0v) is 13.2. The molecule has 0 amide bonds. The maximum Gasteiger partial charge on any atom is 0.139 e. The lowest BCUT2D eigenvalue weighted by molar-refractivity contribution is -0.136. The van der Waals surface area contributed by atoms with Gasteiger partial charge in [0.15, 0.2) is 0 Å². The number of hydrogen-bond acceptors (Lipinski definition) is 2. The SMILES string of the molecule is CC(C(=O)C1CCCCC1)C(C)C(=O)C1CCCCC1. The predicted molar refractivity (Wildman–Crippen MR) is 81.5 cm³/mol. The molecule has 0 bridgehead atoms. The van der Waals surface area contributed by atoms with Crippen LogP contribution in [0.25, 0.3) is 0 Å². The minimum Gasteiger partial charge on any atom is -0.299 e. The van der Waals surface area contributed by atoms with Crippen molar-refractivity contribution in [2.24, 2.45) is 23.7 Å². The van der Waals surface area contributed by atoms with Crippen LogP contribution >= 0.6 is 0 Å². The van der Waals surface area contributed by atoms with Crippen LogP contribution < -0.4 is 0 Å². The highest BCUT2D eigenvalue weighted by atomic mass is 16.1. The summed E-state index contributed by atoms with van der Waals surface area (Å²) in [5, 5.41) is 0. The van der Waals surface area contributed by atoms with E-state index in [0.29, 0.717) is 11.6 Å². The Hall–Kier alpha value is -0.660. The molecule has 0 aromatic carbocycles. The van der Waals surface area contributed by atoms with Crippen molar-refractivity contribution in [1.82, 2.24) is 0 Å². The summed E-state index contributed by atoms with van der Waals surface area (Å²) in [5.74, 6) is 1.04. The van der Waals surface area contributed by atoms with E-state index in [-0.39, 0.29) is 23.7 Å². The predicted octanol–water partition coefficient (Wildman–Crippen LogP) is 4.56. The molecule has 2 saturated carbocycles. The zero-order chi connectivity index (χ0) is 14.5. The molecule has 2 heteroatoms. The average Bonchev–Trinajstić information content (AvgIpc) is 2.53. The number of rotatable bonds is 5. The summed E-state index contributed by atoms with van der Waals surface area (Å²) in [5.41, 5.74) is 0. The maximum absolute atomic E-state index is 12.6. The molecule has 0 N–H and O–H groups in total. The second-order valence-electron chi connectivity index (χ2n) is 7.05. The van der Waals surface area contributed by atoms with Crippen molar-refractivity contribution in [2.75, 3.05) is 0 Å². The third kappa shape index (κ3) is 3.71. The molecule has 2 fully saturated rings. The zero-order valence-electron chi connectivity index (χ0n) is 13.2. The molecule has 0 radical (unpaired) electrons. The van der Waals surface area contributed by atoms with Gasteiger partial charge >= 0.3 is 0 Å². The molecular formula is C18H30O2. The van der Waals surface area contributed by atoms with Crippen molar-refractivity contribution in [1.29, 1.82) is 0 Å². The van der Waals surface area contributed by atoms with Gasteiger partial charge in [-0.1, -0.05) is 52.4 Å². The lowest BCUT2D eigenvalue weighted by Crippen LogP contribution is -2.34. The van der Waals surface area contributed by atoms with E-state index in [9.17, 15) is 9.59 Å². The third-order valence-corrected chi connectivity index (χ3v) is 5.66. The van der Waals surface area contributed by atoms with Gasteiger partial charge in [-0.15, -0.1) is 0 Å². The highest BCUT2D eigenvalue weighted by Crippen LogP contribution is 2.32. The van der Waals surface area contributed by atoms with Crippen LogP contribution in [0.1, 0.15) is 78.1 Å². The molecule has 2 atom stereocenters. The Morgan fingerprint density at radius 3 is 1.25 bits per heavy atom. The summed E-state index contributed by atoms with van der Waals surface area (Å²) in [6, 6.07) is 0. The van der Waals surface area contributed by atoms with Gasteiger partial charge in [0.25, 0.3) is 0 Å². The van der Waals surface area contributed by atoms with Gasteiger partial charge in [0.2, 0.25) is 0 Å². The van der Waals surface area contributed by atoms with Gasteiger partial charge in [0.05, 0.1) is 0 Å². The number of carbonyl (C=O) groups is 2. The van der Waals surface area contributed by atoms with Gasteiger partial charge in [-0.25, -0.2) is 0 Å². The Morgan fingerprint density at radius 1 is 0.650 bits per heavy atom. The molecule has 2 aliphatic carbocycles. The summed E-state index contributed by atoms with van der Waals surface area (Å²) >= 11 is 0. The number of ketones is 2. The van der Waals surface area contributed by atoms with E-state index >= 15 is 0 Å². The van der Waals surface area contributed by atoms with Crippen LogP contribution in [0.15, 0.2) is 0 Å². The standard InChI is InChI=1S/C18H30O2/c1-13(17(19)15-9-5-3-6-10-15)14(2)18(20)16-11-7-4-8-12-16/h13-16H,3-12H2,1-2H3. The quantitative estimate of drug-likeness (QED) is 0.739. The molecule has 0 aromatic heterocycles. The molecule has 2 aliphatic rings. The van der Waals surface area contributed by atoms with Crippen molar-refractivity contribution in [3.05, 3.63) is 0 Å². The molecule has 2 rings (SSSR count). The third-order valence-electron chi connectivity index (χ3n) is 5.66. The van der Waals surface area contributed by atoms with Gasteiger partial charge in [0.1, 0.15) is 11.6 Å². The van der Waals surface area contributed by atoms with Crippen LogP contribution in [-0.4, -0.2) is 11.6 Å². The summed E-state index contributed by atoms with van der Waals surface area (Å²) in [6.07, 6.45) is 11.5. The van der Waals surface area contributed by atoms with Crippen molar-refractivity contribution in [3.63, 3.8) is 0 Å². The smallest absolute Gasteiger partial charge is 0.139 e. The van der Waals surface area contributed by atoms with Crippen LogP contribution in [0.3, 0.4) is 0 Å². The van der Waals surface area contributed by atoms with Crippen LogP contribution in [0, 0.1) is 23.7 Å². The van der Waals surface area contributed by atoms with Gasteiger partial charge < -0.3 is 0 Å². The first-order valence-corrected chi connectivity index (χ1v) is 8.68. The Balaban J connectivity index is 1.90. The van der Waals surface area contributed by atoms with E-state index in [2.05, 4.69) is 0 Å². The summed E-state index contributed by atoms with van der Waals surface area (Å²) in [7, 11) is 0. The molecular weight excluding hydrogens is 248 g/mol. The molecule has 114 valence electrons. The fourth-order valence-electron chi connectivity index (χ4n) is 4.01. The molecule has 0 saturated heterocycles. The molecule has 0 aliphatic heterocycles. The Bertz CT molecular complexity index is 301. The summed E-state index contributed by atoms with van der Waals surface area (Å²) in [6.45, 7) is 3.98. The first-order chi connectivity index (χ1) is 9.61. The van der Waals surface area contributed by atoms with Gasteiger partial charge in [-0.3, -0.25) is 9.59 Å². The number of hydrogen-bond donors (Lipinski definition) is 0. The molecule has 0 spiro atoms. The highest BCUT2D eigenvalue weighted by molar-refractivity contribution is 5.91. The topological polar surface area (TPSA) is 34.1 Å². The van der Waals surface area contributed by atoms with Crippen LogP contribution in [0.4, 0.5) is 0 Å². The Labute approximate surface area is 123 Å². The van der Waals surface area contributed by atoms with E-state index < -0.39 is 0 Å². The first-order valence-electron chi connectivity index (χ1n) is 8.68. The fraction of sp³-hybridized carbons (Fsp3) is 0.889. The lowest BCUT2D eigenvalue weighted by atomic mass is 9.74. The second kappa shape index (κ2) is 7.38. The van der Waals surface area contributed by atoms with Crippen molar-refractivity contribution in [2.45, 2.75) is 78.1 Å². The first kappa shape index (κ1) is 15.7. The van der Waals surface area contributed by atoms with Crippen molar-refractivity contribution in [3.8, 4) is 0 Å². The van der Waals surface area contributed by atoms with E-state index in [1.165, 1.54) is 38.5 Å². The molecule has 2 unspecified atom stereocenters. The highest BCUT2D eigenvalue weighted by Gasteiger charge is 2.34. The van der Waals surface area contributed by atoms with Crippen molar-refractivity contribution >= 4 is 11.6 Å². The molecule has 0 heterocycles. The van der Waals surface area contributed by atoms with Gasteiger partial charge in [-0.2, -0.15) is 0 Å². The van der Waals surface area contributed by atoms with E-state index in [1.807, 2.05) is 13.8 Å². The largest absolute Gasteiger partial charge is 0.299 e. The van der Waals surface area contributed by atoms with Gasteiger partial charge in [-0.05, 0) is 25.7 Å². The maximum atomic E-state index is 12.6. The number of Topliss-reactive ketones (excluding diaryl/α,β-unsaturated/α-hetero) is 2. The summed E-state index contributed by atoms with van der Waals surface area (Å²) in [4.78, 5) is 25.1. The minimum absolute atomic E-state index is 0.0764. The van der Waals surface area contributed by atoms with E-state index in [4.69, 9.17) is 0 Å². The van der Waals surface area contributed by atoms with E-state index in [0.717, 1.165) is 25.7 Å². The Kier molecular flexibility index (Phi) is 5.80. The minimum atomic E-state index is -0.0764. The normalized spacial score (nSPS) is 25.1.